The zero-order chi connectivity index (χ0) is 14.4. The largest absolute Gasteiger partial charge is 0.307 e. The molecule has 0 amide bonds. The molecule has 0 aromatic carbocycles. The molecule has 106 valence electrons. The van der Waals surface area contributed by atoms with E-state index in [1.165, 1.54) is 12.8 Å². The normalized spacial score (nSPS) is 10.6. The molecule has 0 unspecified atom stereocenters. The Morgan fingerprint density at radius 3 is 2.65 bits per heavy atom. The number of unbranched alkanes of at least 4 members (excludes halogenated alkanes) is 2. The Kier molecular flexibility index (Phi) is 5.32. The second-order valence-electron chi connectivity index (χ2n) is 4.65. The average molecular weight is 291 g/mol. The van der Waals surface area contributed by atoms with Crippen molar-refractivity contribution in [3.8, 4) is 11.1 Å². The van der Waals surface area contributed by atoms with Gasteiger partial charge in [-0.25, -0.2) is 10.8 Å². The van der Waals surface area contributed by atoms with E-state index in [0.717, 1.165) is 29.7 Å². The van der Waals surface area contributed by atoms with Gasteiger partial charge in [0.25, 0.3) is 0 Å². The maximum Gasteiger partial charge on any atom is 0.159 e. The van der Waals surface area contributed by atoms with Crippen LogP contribution in [-0.2, 0) is 6.42 Å². The minimum absolute atomic E-state index is 0.524. The van der Waals surface area contributed by atoms with Gasteiger partial charge in [-0.2, -0.15) is 0 Å². The lowest BCUT2D eigenvalue weighted by Crippen LogP contribution is -2.11. The Hall–Kier alpha value is -1.65. The number of aromatic nitrogens is 2. The lowest BCUT2D eigenvalue weighted by Gasteiger charge is -2.12. The van der Waals surface area contributed by atoms with Crippen molar-refractivity contribution >= 4 is 17.4 Å². The molecule has 0 bridgehead atoms. The van der Waals surface area contributed by atoms with Crippen molar-refractivity contribution in [1.29, 1.82) is 0 Å². The summed E-state index contributed by atoms with van der Waals surface area (Å²) in [6.45, 7) is 2.19. The van der Waals surface area contributed by atoms with Gasteiger partial charge in [-0.05, 0) is 36.6 Å². The van der Waals surface area contributed by atoms with Crippen molar-refractivity contribution < 1.29 is 0 Å². The number of nitrogens with one attached hydrogen (secondary N) is 1. The fraction of sp³-hybridized carbons (Fsp3) is 0.333. The van der Waals surface area contributed by atoms with E-state index < -0.39 is 0 Å². The summed E-state index contributed by atoms with van der Waals surface area (Å²) >= 11 is 6.19. The maximum atomic E-state index is 6.19. The number of anilines is 1. The highest BCUT2D eigenvalue weighted by Gasteiger charge is 2.11. The predicted molar refractivity (Wildman–Crippen MR) is 83.5 cm³/mol. The smallest absolute Gasteiger partial charge is 0.159 e. The van der Waals surface area contributed by atoms with Crippen LogP contribution in [0.25, 0.3) is 11.1 Å². The van der Waals surface area contributed by atoms with Crippen LogP contribution in [-0.4, -0.2) is 9.97 Å². The average Bonchev–Trinajstić information content (AvgIpc) is 2.49. The fourth-order valence-corrected chi connectivity index (χ4v) is 2.35. The molecular formula is C15H19ClN4. The monoisotopic (exact) mass is 290 g/mol. The van der Waals surface area contributed by atoms with E-state index in [0.29, 0.717) is 10.8 Å². The minimum Gasteiger partial charge on any atom is -0.307 e. The Bertz CT molecular complexity index is 557. The van der Waals surface area contributed by atoms with Crippen molar-refractivity contribution in [2.45, 2.75) is 32.6 Å². The van der Waals surface area contributed by atoms with Crippen LogP contribution < -0.4 is 11.3 Å². The van der Waals surface area contributed by atoms with Crippen LogP contribution in [0.3, 0.4) is 0 Å². The molecule has 0 fully saturated rings. The van der Waals surface area contributed by atoms with Gasteiger partial charge in [0.05, 0.1) is 10.7 Å². The van der Waals surface area contributed by atoms with Crippen LogP contribution in [0.2, 0.25) is 5.02 Å². The summed E-state index contributed by atoms with van der Waals surface area (Å²) in [6, 6.07) is 5.85. The first kappa shape index (κ1) is 14.8. The maximum absolute atomic E-state index is 6.19. The van der Waals surface area contributed by atoms with Crippen molar-refractivity contribution in [2.24, 2.45) is 5.84 Å². The van der Waals surface area contributed by atoms with Gasteiger partial charge < -0.3 is 5.43 Å². The number of nitrogens with zero attached hydrogens (tertiary/aromatic N) is 2. The summed E-state index contributed by atoms with van der Waals surface area (Å²) < 4.78 is 0. The molecule has 4 nitrogen and oxygen atoms in total. The number of nitrogens with two attached hydrogens (primary N) is 1. The van der Waals surface area contributed by atoms with Crippen LogP contribution in [0.1, 0.15) is 31.9 Å². The first-order chi connectivity index (χ1) is 9.76. The SMILES string of the molecule is CCCCCc1nc(NN)c(Cl)cc1-c1ccncc1. The molecule has 0 aliphatic carbocycles. The van der Waals surface area contributed by atoms with E-state index in [-0.39, 0.29) is 0 Å². The number of halogens is 1. The fourth-order valence-electron chi connectivity index (χ4n) is 2.14. The highest BCUT2D eigenvalue weighted by molar-refractivity contribution is 6.33. The third kappa shape index (κ3) is 3.46. The zero-order valence-electron chi connectivity index (χ0n) is 11.6. The lowest BCUT2D eigenvalue weighted by atomic mass is 10.0. The number of rotatable bonds is 6. The Balaban J connectivity index is 2.40. The van der Waals surface area contributed by atoms with E-state index in [4.69, 9.17) is 17.4 Å². The number of hydrogen-bond donors (Lipinski definition) is 2. The molecule has 0 saturated carbocycles. The lowest BCUT2D eigenvalue weighted by molar-refractivity contribution is 0.708. The molecule has 3 N–H and O–H groups in total. The molecule has 5 heteroatoms. The van der Waals surface area contributed by atoms with Gasteiger partial charge in [0.15, 0.2) is 5.82 Å². The van der Waals surface area contributed by atoms with E-state index in [2.05, 4.69) is 22.3 Å². The number of pyridine rings is 2. The molecule has 2 aromatic heterocycles. The van der Waals surface area contributed by atoms with E-state index in [1.54, 1.807) is 12.4 Å². The second kappa shape index (κ2) is 7.22. The second-order valence-corrected chi connectivity index (χ2v) is 5.06. The minimum atomic E-state index is 0.524. The van der Waals surface area contributed by atoms with E-state index in [9.17, 15) is 0 Å². The van der Waals surface area contributed by atoms with Crippen LogP contribution >= 0.6 is 11.6 Å². The van der Waals surface area contributed by atoms with Crippen molar-refractivity contribution in [3.05, 3.63) is 41.3 Å². The molecule has 0 atom stereocenters. The Morgan fingerprint density at radius 2 is 2.00 bits per heavy atom. The van der Waals surface area contributed by atoms with Crippen LogP contribution in [0.5, 0.6) is 0 Å². The molecule has 0 aliphatic rings. The van der Waals surface area contributed by atoms with Gasteiger partial charge in [0.2, 0.25) is 0 Å². The summed E-state index contributed by atoms with van der Waals surface area (Å²) in [5.41, 5.74) is 5.69. The molecular weight excluding hydrogens is 272 g/mol. The van der Waals surface area contributed by atoms with Crippen molar-refractivity contribution in [2.75, 3.05) is 5.43 Å². The molecule has 0 aliphatic heterocycles. The number of hydrogen-bond acceptors (Lipinski definition) is 4. The van der Waals surface area contributed by atoms with Gasteiger partial charge in [0, 0.05) is 18.0 Å². The van der Waals surface area contributed by atoms with E-state index >= 15 is 0 Å². The first-order valence-electron chi connectivity index (χ1n) is 6.82. The van der Waals surface area contributed by atoms with Gasteiger partial charge in [-0.1, -0.05) is 31.4 Å². The van der Waals surface area contributed by atoms with Gasteiger partial charge >= 0.3 is 0 Å². The summed E-state index contributed by atoms with van der Waals surface area (Å²) in [4.78, 5) is 8.60. The number of hydrazine groups is 1. The summed E-state index contributed by atoms with van der Waals surface area (Å²) in [7, 11) is 0. The molecule has 2 heterocycles. The highest BCUT2D eigenvalue weighted by Crippen LogP contribution is 2.30. The molecule has 0 saturated heterocycles. The van der Waals surface area contributed by atoms with Crippen LogP contribution in [0.4, 0.5) is 5.82 Å². The highest BCUT2D eigenvalue weighted by atomic mass is 35.5. The standard InChI is InChI=1S/C15H19ClN4/c1-2-3-4-5-14-12(11-6-8-18-9-7-11)10-13(16)15(19-14)20-17/h6-10H,2-5,17H2,1H3,(H,19,20). The zero-order valence-corrected chi connectivity index (χ0v) is 12.3. The number of nitrogen functional groups attached to an aromatic ring is 1. The molecule has 2 rings (SSSR count). The Morgan fingerprint density at radius 1 is 1.25 bits per heavy atom. The van der Waals surface area contributed by atoms with Crippen LogP contribution in [0.15, 0.2) is 30.6 Å². The third-order valence-corrected chi connectivity index (χ3v) is 3.49. The topological polar surface area (TPSA) is 63.8 Å². The summed E-state index contributed by atoms with van der Waals surface area (Å²) in [6.07, 6.45) is 7.93. The number of aryl methyl sites for hydroxylation is 1. The van der Waals surface area contributed by atoms with Crippen molar-refractivity contribution in [3.63, 3.8) is 0 Å². The van der Waals surface area contributed by atoms with Gasteiger partial charge in [-0.3, -0.25) is 4.98 Å². The van der Waals surface area contributed by atoms with Gasteiger partial charge in [0.1, 0.15) is 0 Å². The van der Waals surface area contributed by atoms with Crippen molar-refractivity contribution in [1.82, 2.24) is 9.97 Å². The van der Waals surface area contributed by atoms with E-state index in [1.807, 2.05) is 18.2 Å². The summed E-state index contributed by atoms with van der Waals surface area (Å²) in [5, 5.41) is 0.526. The van der Waals surface area contributed by atoms with Gasteiger partial charge in [-0.15, -0.1) is 0 Å². The molecule has 0 spiro atoms. The first-order valence-corrected chi connectivity index (χ1v) is 7.20. The Labute approximate surface area is 124 Å². The summed E-state index contributed by atoms with van der Waals surface area (Å²) in [5.74, 6) is 5.98. The third-order valence-electron chi connectivity index (χ3n) is 3.20. The quantitative estimate of drug-likeness (QED) is 0.482. The molecule has 2 aromatic rings. The van der Waals surface area contributed by atoms with Crippen LogP contribution in [0, 0.1) is 0 Å². The molecule has 20 heavy (non-hydrogen) atoms. The molecule has 0 radical (unpaired) electrons. The predicted octanol–water partition coefficient (Wildman–Crippen LogP) is 3.82.